The molecule has 0 aromatic rings. The second-order valence-electron chi connectivity index (χ2n) is 3.64. The van der Waals surface area contributed by atoms with Gasteiger partial charge in [-0.2, -0.15) is 0 Å². The van der Waals surface area contributed by atoms with Crippen LogP contribution in [-0.4, -0.2) is 24.8 Å². The molecular formula is C10H22O3. The fourth-order valence-electron chi connectivity index (χ4n) is 1.10. The largest absolute Gasteiger partial charge is 0.350 e. The number of hydrogen-bond acceptors (Lipinski definition) is 3. The summed E-state index contributed by atoms with van der Waals surface area (Å²) in [5.74, 6) is 0. The van der Waals surface area contributed by atoms with Crippen LogP contribution >= 0.6 is 0 Å². The summed E-state index contributed by atoms with van der Waals surface area (Å²) in [6.45, 7) is 11.7. The molecule has 0 aromatic carbocycles. The van der Waals surface area contributed by atoms with E-state index in [1.165, 1.54) is 0 Å². The Bertz CT molecular complexity index is 109. The van der Waals surface area contributed by atoms with Gasteiger partial charge in [-0.25, -0.2) is 0 Å². The Labute approximate surface area is 81.4 Å². The molecule has 0 N–H and O–H groups in total. The molecule has 0 saturated carbocycles. The zero-order valence-corrected chi connectivity index (χ0v) is 9.53. The maximum Gasteiger partial charge on any atom is 0.158 e. The molecule has 0 fully saturated rings. The molecular weight excluding hydrogens is 168 g/mol. The second-order valence-corrected chi connectivity index (χ2v) is 3.64. The summed E-state index contributed by atoms with van der Waals surface area (Å²) in [4.78, 5) is 0. The lowest BCUT2D eigenvalue weighted by Crippen LogP contribution is -2.26. The van der Waals surface area contributed by atoms with E-state index >= 15 is 0 Å². The van der Waals surface area contributed by atoms with Crippen molar-refractivity contribution >= 4 is 0 Å². The molecule has 3 nitrogen and oxygen atoms in total. The molecule has 2 unspecified atom stereocenters. The van der Waals surface area contributed by atoms with Gasteiger partial charge in [-0.05, 0) is 41.5 Å². The maximum atomic E-state index is 5.43. The topological polar surface area (TPSA) is 27.7 Å². The zero-order chi connectivity index (χ0) is 10.4. The van der Waals surface area contributed by atoms with Crippen LogP contribution in [0.4, 0.5) is 0 Å². The lowest BCUT2D eigenvalue weighted by molar-refractivity contribution is -0.249. The van der Waals surface area contributed by atoms with E-state index in [1.807, 2.05) is 41.5 Å². The first kappa shape index (κ1) is 12.9. The summed E-state index contributed by atoms with van der Waals surface area (Å²) in [6.07, 6.45) is -0.0648. The van der Waals surface area contributed by atoms with Gasteiger partial charge in [0, 0.05) is 0 Å². The van der Waals surface area contributed by atoms with Gasteiger partial charge in [-0.1, -0.05) is 0 Å². The van der Waals surface area contributed by atoms with Crippen molar-refractivity contribution in [3.63, 3.8) is 0 Å². The van der Waals surface area contributed by atoms with Crippen molar-refractivity contribution < 1.29 is 14.2 Å². The van der Waals surface area contributed by atoms with Gasteiger partial charge in [0.2, 0.25) is 0 Å². The van der Waals surface area contributed by atoms with E-state index in [-0.39, 0.29) is 24.8 Å². The van der Waals surface area contributed by atoms with Gasteiger partial charge in [-0.15, -0.1) is 0 Å². The molecule has 0 saturated heterocycles. The first-order chi connectivity index (χ1) is 5.91. The quantitative estimate of drug-likeness (QED) is 0.602. The van der Waals surface area contributed by atoms with Gasteiger partial charge < -0.3 is 14.2 Å². The minimum Gasteiger partial charge on any atom is -0.350 e. The van der Waals surface area contributed by atoms with Crippen LogP contribution in [0.2, 0.25) is 0 Å². The van der Waals surface area contributed by atoms with E-state index in [4.69, 9.17) is 14.2 Å². The molecule has 0 bridgehead atoms. The Kier molecular flexibility index (Phi) is 6.29. The SMILES string of the molecule is CC(C)OC(C)OC(C)OC(C)C. The van der Waals surface area contributed by atoms with Crippen LogP contribution in [0.25, 0.3) is 0 Å². The Balaban J connectivity index is 3.58. The van der Waals surface area contributed by atoms with E-state index in [2.05, 4.69) is 0 Å². The number of ether oxygens (including phenoxy) is 3. The molecule has 0 rings (SSSR count). The first-order valence-electron chi connectivity index (χ1n) is 4.88. The van der Waals surface area contributed by atoms with Crippen molar-refractivity contribution in [2.24, 2.45) is 0 Å². The zero-order valence-electron chi connectivity index (χ0n) is 9.53. The highest BCUT2D eigenvalue weighted by Gasteiger charge is 2.11. The molecule has 0 radical (unpaired) electrons. The van der Waals surface area contributed by atoms with Crippen molar-refractivity contribution in [2.45, 2.75) is 66.3 Å². The molecule has 0 heterocycles. The Morgan fingerprint density at radius 3 is 1.08 bits per heavy atom. The normalized spacial score (nSPS) is 16.6. The molecule has 0 aliphatic heterocycles. The van der Waals surface area contributed by atoms with Crippen molar-refractivity contribution in [2.75, 3.05) is 0 Å². The number of hydrogen-bond donors (Lipinski definition) is 0. The van der Waals surface area contributed by atoms with Gasteiger partial charge in [0.05, 0.1) is 12.2 Å². The molecule has 13 heavy (non-hydrogen) atoms. The molecule has 0 aliphatic rings. The predicted molar refractivity (Wildman–Crippen MR) is 52.5 cm³/mol. The van der Waals surface area contributed by atoms with Crippen molar-refractivity contribution in [1.29, 1.82) is 0 Å². The summed E-state index contributed by atoms with van der Waals surface area (Å²) in [5, 5.41) is 0. The highest BCUT2D eigenvalue weighted by atomic mass is 16.8. The molecule has 0 amide bonds. The highest BCUT2D eigenvalue weighted by molar-refractivity contribution is 4.43. The van der Waals surface area contributed by atoms with Crippen LogP contribution in [0.1, 0.15) is 41.5 Å². The van der Waals surface area contributed by atoms with E-state index in [1.54, 1.807) is 0 Å². The third-order valence-electron chi connectivity index (χ3n) is 1.31. The van der Waals surface area contributed by atoms with Crippen LogP contribution in [0.15, 0.2) is 0 Å². The van der Waals surface area contributed by atoms with Crippen molar-refractivity contribution in [3.8, 4) is 0 Å². The average molecular weight is 190 g/mol. The fourth-order valence-corrected chi connectivity index (χ4v) is 1.10. The Morgan fingerprint density at radius 2 is 0.846 bits per heavy atom. The molecule has 0 spiro atoms. The fraction of sp³-hybridized carbons (Fsp3) is 1.00. The standard InChI is InChI=1S/C10H22O3/c1-7(2)11-9(5)13-10(6)12-8(3)4/h7-10H,1-6H3. The van der Waals surface area contributed by atoms with Crippen LogP contribution in [0, 0.1) is 0 Å². The van der Waals surface area contributed by atoms with Gasteiger partial charge >= 0.3 is 0 Å². The average Bonchev–Trinajstić information content (AvgIpc) is 1.80. The molecule has 3 heteroatoms. The summed E-state index contributed by atoms with van der Waals surface area (Å²) >= 11 is 0. The lowest BCUT2D eigenvalue weighted by atomic mass is 10.5. The van der Waals surface area contributed by atoms with Gasteiger partial charge in [0.25, 0.3) is 0 Å². The molecule has 0 aromatic heterocycles. The molecule has 2 atom stereocenters. The highest BCUT2D eigenvalue weighted by Crippen LogP contribution is 2.05. The van der Waals surface area contributed by atoms with Crippen LogP contribution in [-0.2, 0) is 14.2 Å². The Morgan fingerprint density at radius 1 is 0.538 bits per heavy atom. The van der Waals surface area contributed by atoms with Gasteiger partial charge in [0.15, 0.2) is 12.6 Å². The molecule has 0 aliphatic carbocycles. The van der Waals surface area contributed by atoms with Crippen molar-refractivity contribution in [1.82, 2.24) is 0 Å². The monoisotopic (exact) mass is 190 g/mol. The first-order valence-corrected chi connectivity index (χ1v) is 4.88. The Hall–Kier alpha value is -0.120. The maximum absolute atomic E-state index is 5.43. The summed E-state index contributed by atoms with van der Waals surface area (Å²) in [7, 11) is 0. The van der Waals surface area contributed by atoms with Gasteiger partial charge in [0.1, 0.15) is 0 Å². The van der Waals surface area contributed by atoms with E-state index in [0.29, 0.717) is 0 Å². The second kappa shape index (κ2) is 6.35. The van der Waals surface area contributed by atoms with Crippen LogP contribution in [0.3, 0.4) is 0 Å². The smallest absolute Gasteiger partial charge is 0.158 e. The lowest BCUT2D eigenvalue weighted by Gasteiger charge is -2.22. The van der Waals surface area contributed by atoms with Crippen LogP contribution < -0.4 is 0 Å². The summed E-state index contributed by atoms with van der Waals surface area (Å²) in [6, 6.07) is 0. The third kappa shape index (κ3) is 8.22. The molecule has 80 valence electrons. The van der Waals surface area contributed by atoms with Crippen LogP contribution in [0.5, 0.6) is 0 Å². The minimum absolute atomic E-state index is 0.182. The van der Waals surface area contributed by atoms with E-state index in [0.717, 1.165) is 0 Å². The summed E-state index contributed by atoms with van der Waals surface area (Å²) in [5.41, 5.74) is 0. The summed E-state index contributed by atoms with van der Waals surface area (Å²) < 4.78 is 16.2. The minimum atomic E-state index is -0.214. The third-order valence-corrected chi connectivity index (χ3v) is 1.31. The van der Waals surface area contributed by atoms with Crippen molar-refractivity contribution in [3.05, 3.63) is 0 Å². The predicted octanol–water partition coefficient (Wildman–Crippen LogP) is 2.55. The van der Waals surface area contributed by atoms with E-state index in [9.17, 15) is 0 Å². The van der Waals surface area contributed by atoms with E-state index < -0.39 is 0 Å². The van der Waals surface area contributed by atoms with Gasteiger partial charge in [-0.3, -0.25) is 0 Å². The number of rotatable bonds is 6.